The van der Waals surface area contributed by atoms with Crippen molar-refractivity contribution in [3.8, 4) is 0 Å². The zero-order chi connectivity index (χ0) is 22.0. The van der Waals surface area contributed by atoms with E-state index in [9.17, 15) is 5.11 Å². The van der Waals surface area contributed by atoms with Crippen LogP contribution >= 0.6 is 0 Å². The second-order valence-corrected chi connectivity index (χ2v) is 10.9. The van der Waals surface area contributed by atoms with Crippen LogP contribution in [0.25, 0.3) is 0 Å². The van der Waals surface area contributed by atoms with Crippen LogP contribution in [0.5, 0.6) is 0 Å². The van der Waals surface area contributed by atoms with Gasteiger partial charge in [0.05, 0.1) is 12.2 Å². The summed E-state index contributed by atoms with van der Waals surface area (Å²) in [5.41, 5.74) is 0. The molecule has 2 aliphatic carbocycles. The van der Waals surface area contributed by atoms with Gasteiger partial charge < -0.3 is 9.84 Å². The lowest BCUT2D eigenvalue weighted by Gasteiger charge is -2.31. The molecular weight excluding hydrogens is 380 g/mol. The summed E-state index contributed by atoms with van der Waals surface area (Å²) in [6, 6.07) is 0. The average Bonchev–Trinajstić information content (AvgIpc) is 3.00. The highest BCUT2D eigenvalue weighted by atomic mass is 16.5. The van der Waals surface area contributed by atoms with Gasteiger partial charge >= 0.3 is 0 Å². The smallest absolute Gasteiger partial charge is 0.0604 e. The Morgan fingerprint density at radius 3 is 1.61 bits per heavy atom. The molecule has 2 bridgehead atoms. The van der Waals surface area contributed by atoms with Gasteiger partial charge in [-0.25, -0.2) is 0 Å². The average molecular weight is 437 g/mol. The molecular formula is C29H56O2. The topological polar surface area (TPSA) is 29.5 Å². The van der Waals surface area contributed by atoms with Crippen LogP contribution in [0.1, 0.15) is 155 Å². The van der Waals surface area contributed by atoms with Crippen LogP contribution in [-0.2, 0) is 4.74 Å². The van der Waals surface area contributed by atoms with E-state index in [-0.39, 0.29) is 6.10 Å². The maximum atomic E-state index is 10.4. The fourth-order valence-corrected chi connectivity index (χ4v) is 6.03. The molecule has 2 saturated carbocycles. The van der Waals surface area contributed by atoms with Crippen molar-refractivity contribution in [2.45, 2.75) is 167 Å². The molecule has 31 heavy (non-hydrogen) atoms. The van der Waals surface area contributed by atoms with E-state index in [0.717, 1.165) is 25.4 Å². The number of hydrogen-bond acceptors (Lipinski definition) is 2. The van der Waals surface area contributed by atoms with E-state index in [1.807, 2.05) is 0 Å². The van der Waals surface area contributed by atoms with E-state index in [2.05, 4.69) is 6.92 Å². The summed E-state index contributed by atoms with van der Waals surface area (Å²) in [5.74, 6) is 1.34. The Hall–Kier alpha value is -0.0800. The van der Waals surface area contributed by atoms with Crippen molar-refractivity contribution in [1.82, 2.24) is 0 Å². The molecule has 4 unspecified atom stereocenters. The summed E-state index contributed by atoms with van der Waals surface area (Å²) in [7, 11) is 0. The summed E-state index contributed by atoms with van der Waals surface area (Å²) >= 11 is 0. The SMILES string of the molecule is CCCCCCCCCCCCCCCCCCOC1CCC(O)C2CCCC1CC2. The minimum absolute atomic E-state index is 0.0688. The fraction of sp³-hybridized carbons (Fsp3) is 1.00. The van der Waals surface area contributed by atoms with Crippen LogP contribution in [0.15, 0.2) is 0 Å². The molecule has 2 aliphatic rings. The van der Waals surface area contributed by atoms with Gasteiger partial charge in [-0.2, -0.15) is 0 Å². The number of ether oxygens (including phenoxy) is 1. The molecule has 1 N–H and O–H groups in total. The van der Waals surface area contributed by atoms with Crippen LogP contribution in [0.4, 0.5) is 0 Å². The standard InChI is InChI=1S/C29H56O2/c1-2-3-4-5-6-7-8-9-10-11-12-13-14-15-16-17-25-31-29-24-23-28(30)26-19-18-20-27(29)22-21-26/h26-30H,2-25H2,1H3. The van der Waals surface area contributed by atoms with Gasteiger partial charge in [-0.3, -0.25) is 0 Å². The molecule has 2 nitrogen and oxygen atoms in total. The van der Waals surface area contributed by atoms with Crippen LogP contribution in [0, 0.1) is 11.8 Å². The Kier molecular flexibility index (Phi) is 16.1. The van der Waals surface area contributed by atoms with Gasteiger partial charge in [0.1, 0.15) is 0 Å². The molecule has 0 aromatic rings. The van der Waals surface area contributed by atoms with Crippen LogP contribution < -0.4 is 0 Å². The monoisotopic (exact) mass is 436 g/mol. The molecule has 0 aliphatic heterocycles. The highest BCUT2D eigenvalue weighted by Gasteiger charge is 2.32. The van der Waals surface area contributed by atoms with Crippen molar-refractivity contribution in [3.63, 3.8) is 0 Å². The predicted molar refractivity (Wildman–Crippen MR) is 135 cm³/mol. The molecule has 0 saturated heterocycles. The molecule has 184 valence electrons. The second kappa shape index (κ2) is 18.4. The third-order valence-corrected chi connectivity index (χ3v) is 8.20. The first-order valence-electron chi connectivity index (χ1n) is 14.6. The minimum Gasteiger partial charge on any atom is -0.393 e. The van der Waals surface area contributed by atoms with Crippen molar-refractivity contribution in [3.05, 3.63) is 0 Å². The maximum absolute atomic E-state index is 10.4. The van der Waals surface area contributed by atoms with Crippen LogP contribution in [0.2, 0.25) is 0 Å². The first kappa shape index (κ1) is 27.2. The molecule has 2 fully saturated rings. The fourth-order valence-electron chi connectivity index (χ4n) is 6.03. The van der Waals surface area contributed by atoms with Crippen LogP contribution in [-0.4, -0.2) is 23.9 Å². The molecule has 0 amide bonds. The van der Waals surface area contributed by atoms with E-state index in [1.54, 1.807) is 0 Å². The van der Waals surface area contributed by atoms with E-state index < -0.39 is 0 Å². The Labute approximate surface area is 195 Å². The van der Waals surface area contributed by atoms with Crippen LogP contribution in [0.3, 0.4) is 0 Å². The Morgan fingerprint density at radius 2 is 1.03 bits per heavy atom. The first-order valence-corrected chi connectivity index (χ1v) is 14.6. The Bertz CT molecular complexity index is 396. The van der Waals surface area contributed by atoms with Crippen molar-refractivity contribution >= 4 is 0 Å². The number of rotatable bonds is 18. The van der Waals surface area contributed by atoms with E-state index in [4.69, 9.17) is 4.74 Å². The van der Waals surface area contributed by atoms with E-state index in [1.165, 1.54) is 135 Å². The number of aliphatic hydroxyl groups is 1. The zero-order valence-electron chi connectivity index (χ0n) is 21.1. The number of unbranched alkanes of at least 4 members (excludes halogenated alkanes) is 15. The molecule has 2 rings (SSSR count). The largest absolute Gasteiger partial charge is 0.393 e. The lowest BCUT2D eigenvalue weighted by Crippen LogP contribution is -2.30. The quantitative estimate of drug-likeness (QED) is 0.217. The number of fused-ring (bicyclic) bond motifs is 3. The normalized spacial score (nSPS) is 26.5. The van der Waals surface area contributed by atoms with Gasteiger partial charge in [-0.1, -0.05) is 110 Å². The maximum Gasteiger partial charge on any atom is 0.0604 e. The first-order chi connectivity index (χ1) is 15.3. The Balaban J connectivity index is 1.34. The second-order valence-electron chi connectivity index (χ2n) is 10.9. The van der Waals surface area contributed by atoms with E-state index >= 15 is 0 Å². The van der Waals surface area contributed by atoms with Crippen molar-refractivity contribution < 1.29 is 9.84 Å². The van der Waals surface area contributed by atoms with Crippen molar-refractivity contribution in [2.24, 2.45) is 11.8 Å². The summed E-state index contributed by atoms with van der Waals surface area (Å²) in [6.45, 7) is 3.24. The van der Waals surface area contributed by atoms with Gasteiger partial charge in [-0.15, -0.1) is 0 Å². The Morgan fingerprint density at radius 1 is 0.548 bits per heavy atom. The van der Waals surface area contributed by atoms with Gasteiger partial charge in [0.2, 0.25) is 0 Å². The summed E-state index contributed by atoms with van der Waals surface area (Å²) in [4.78, 5) is 0. The molecule has 0 spiro atoms. The summed E-state index contributed by atoms with van der Waals surface area (Å²) in [5, 5.41) is 10.4. The van der Waals surface area contributed by atoms with Gasteiger partial charge in [0.15, 0.2) is 0 Å². The van der Waals surface area contributed by atoms with Gasteiger partial charge in [-0.05, 0) is 56.8 Å². The van der Waals surface area contributed by atoms with Gasteiger partial charge in [0, 0.05) is 6.61 Å². The lowest BCUT2D eigenvalue weighted by molar-refractivity contribution is -0.0215. The zero-order valence-corrected chi connectivity index (χ0v) is 21.1. The molecule has 4 atom stereocenters. The highest BCUT2D eigenvalue weighted by Crippen LogP contribution is 2.37. The highest BCUT2D eigenvalue weighted by molar-refractivity contribution is 4.84. The van der Waals surface area contributed by atoms with Crippen molar-refractivity contribution in [1.29, 1.82) is 0 Å². The predicted octanol–water partition coefficient (Wildman–Crippen LogP) is 8.98. The lowest BCUT2D eigenvalue weighted by atomic mass is 9.84. The molecule has 0 heterocycles. The summed E-state index contributed by atoms with van der Waals surface area (Å²) in [6.07, 6.45) is 31.5. The van der Waals surface area contributed by atoms with E-state index in [0.29, 0.717) is 12.0 Å². The summed E-state index contributed by atoms with van der Waals surface area (Å²) < 4.78 is 6.36. The third kappa shape index (κ3) is 12.7. The molecule has 2 heteroatoms. The molecule has 0 radical (unpaired) electrons. The van der Waals surface area contributed by atoms with Gasteiger partial charge in [0.25, 0.3) is 0 Å². The van der Waals surface area contributed by atoms with Crippen molar-refractivity contribution in [2.75, 3.05) is 6.61 Å². The molecule has 0 aromatic carbocycles. The minimum atomic E-state index is -0.0688. The molecule has 0 aromatic heterocycles. The number of aliphatic hydroxyl groups excluding tert-OH is 1. The number of hydrogen-bond donors (Lipinski definition) is 1. The third-order valence-electron chi connectivity index (χ3n) is 8.20.